The number of hydrogen-bond acceptors (Lipinski definition) is 4. The average Bonchev–Trinajstić information content (AvgIpc) is 2.84. The fourth-order valence-corrected chi connectivity index (χ4v) is 1.51. The van der Waals surface area contributed by atoms with E-state index in [-0.39, 0.29) is 5.82 Å². The van der Waals surface area contributed by atoms with Gasteiger partial charge in [-0.25, -0.2) is 22.6 Å². The Balaban J connectivity index is 2.37. The standard InChI is InChI=1S/C8H8F4N4O/c9-6(10)4-3-8(17,7(11)12)16(15-4)5-1-2-13-14-5/h1-2,6-7,17H,3H2,(H,13,14). The van der Waals surface area contributed by atoms with Crippen LogP contribution >= 0.6 is 0 Å². The van der Waals surface area contributed by atoms with Gasteiger partial charge in [-0.2, -0.15) is 10.2 Å². The van der Waals surface area contributed by atoms with Crippen LogP contribution in [0.2, 0.25) is 0 Å². The number of alkyl halides is 4. The molecular weight excluding hydrogens is 244 g/mol. The summed E-state index contributed by atoms with van der Waals surface area (Å²) in [5.74, 6) is -0.0801. The summed E-state index contributed by atoms with van der Waals surface area (Å²) < 4.78 is 50.4. The Kier molecular flexibility index (Phi) is 2.77. The number of aromatic amines is 1. The molecule has 0 spiro atoms. The van der Waals surface area contributed by atoms with Gasteiger partial charge in [0.25, 0.3) is 12.9 Å². The van der Waals surface area contributed by atoms with E-state index >= 15 is 0 Å². The van der Waals surface area contributed by atoms with Gasteiger partial charge in [0.2, 0.25) is 5.72 Å². The molecule has 1 atom stereocenters. The summed E-state index contributed by atoms with van der Waals surface area (Å²) in [6.45, 7) is 0. The second-order valence-electron chi connectivity index (χ2n) is 3.50. The highest BCUT2D eigenvalue weighted by atomic mass is 19.3. The molecule has 94 valence electrons. The number of nitrogens with one attached hydrogen (secondary N) is 1. The number of rotatable bonds is 3. The van der Waals surface area contributed by atoms with Gasteiger partial charge in [-0.15, -0.1) is 0 Å². The zero-order chi connectivity index (χ0) is 12.6. The highest BCUT2D eigenvalue weighted by Crippen LogP contribution is 2.35. The smallest absolute Gasteiger partial charge is 0.287 e. The lowest BCUT2D eigenvalue weighted by atomic mass is 10.1. The van der Waals surface area contributed by atoms with Crippen LogP contribution in [0.3, 0.4) is 0 Å². The third-order valence-corrected chi connectivity index (χ3v) is 2.35. The quantitative estimate of drug-likeness (QED) is 0.794. The molecule has 2 heterocycles. The minimum atomic E-state index is -3.24. The van der Waals surface area contributed by atoms with Crippen LogP contribution in [-0.4, -0.2) is 39.6 Å². The number of H-pyrrole nitrogens is 1. The van der Waals surface area contributed by atoms with E-state index in [1.54, 1.807) is 0 Å². The molecule has 17 heavy (non-hydrogen) atoms. The molecule has 5 nitrogen and oxygen atoms in total. The van der Waals surface area contributed by atoms with Gasteiger partial charge in [0, 0.05) is 12.5 Å². The minimum absolute atomic E-state index is 0.0801. The average molecular weight is 252 g/mol. The highest BCUT2D eigenvalue weighted by Gasteiger charge is 2.51. The second-order valence-corrected chi connectivity index (χ2v) is 3.50. The predicted octanol–water partition coefficient (Wildman–Crippen LogP) is 1.19. The molecule has 1 aliphatic rings. The maximum atomic E-state index is 12.8. The first-order valence-corrected chi connectivity index (χ1v) is 4.61. The van der Waals surface area contributed by atoms with Crippen molar-refractivity contribution in [1.29, 1.82) is 0 Å². The summed E-state index contributed by atoms with van der Waals surface area (Å²) in [5, 5.41) is 19.2. The van der Waals surface area contributed by atoms with Gasteiger partial charge in [0.1, 0.15) is 11.5 Å². The number of aliphatic hydroxyl groups is 1. The van der Waals surface area contributed by atoms with E-state index in [0.29, 0.717) is 5.01 Å². The molecule has 1 aliphatic heterocycles. The largest absolute Gasteiger partial charge is 0.364 e. The highest BCUT2D eigenvalue weighted by molar-refractivity contribution is 5.91. The third-order valence-electron chi connectivity index (χ3n) is 2.35. The van der Waals surface area contributed by atoms with E-state index < -0.39 is 30.7 Å². The van der Waals surface area contributed by atoms with E-state index in [9.17, 15) is 22.7 Å². The molecule has 2 rings (SSSR count). The van der Waals surface area contributed by atoms with Gasteiger partial charge in [-0.1, -0.05) is 0 Å². The van der Waals surface area contributed by atoms with Crippen LogP contribution < -0.4 is 5.01 Å². The lowest BCUT2D eigenvalue weighted by Crippen LogP contribution is -2.49. The van der Waals surface area contributed by atoms with Crippen LogP contribution in [-0.2, 0) is 0 Å². The molecule has 1 unspecified atom stereocenters. The molecule has 9 heteroatoms. The summed E-state index contributed by atoms with van der Waals surface area (Å²) in [4.78, 5) is 0. The van der Waals surface area contributed by atoms with E-state index in [0.717, 1.165) is 0 Å². The van der Waals surface area contributed by atoms with Crippen LogP contribution in [0.4, 0.5) is 23.4 Å². The molecular formula is C8H8F4N4O. The number of hydrazone groups is 1. The van der Waals surface area contributed by atoms with E-state index in [4.69, 9.17) is 0 Å². The number of nitrogens with zero attached hydrogens (tertiary/aromatic N) is 3. The van der Waals surface area contributed by atoms with Crippen molar-refractivity contribution >= 4 is 11.5 Å². The van der Waals surface area contributed by atoms with Crippen molar-refractivity contribution in [3.8, 4) is 0 Å². The summed E-state index contributed by atoms with van der Waals surface area (Å²) >= 11 is 0. The Morgan fingerprint density at radius 3 is 2.59 bits per heavy atom. The molecule has 1 aromatic rings. The molecule has 0 aromatic carbocycles. The van der Waals surface area contributed by atoms with Gasteiger partial charge >= 0.3 is 0 Å². The zero-order valence-electron chi connectivity index (χ0n) is 8.32. The van der Waals surface area contributed by atoms with Gasteiger partial charge in [-0.05, 0) is 0 Å². The van der Waals surface area contributed by atoms with Gasteiger partial charge in [-0.3, -0.25) is 5.10 Å². The second kappa shape index (κ2) is 3.99. The van der Waals surface area contributed by atoms with Crippen molar-refractivity contribution < 1.29 is 22.7 Å². The summed E-state index contributed by atoms with van der Waals surface area (Å²) in [6, 6.07) is 1.24. The summed E-state index contributed by atoms with van der Waals surface area (Å²) in [5.41, 5.74) is -3.56. The van der Waals surface area contributed by atoms with Crippen LogP contribution in [0.25, 0.3) is 0 Å². The maximum absolute atomic E-state index is 12.8. The third kappa shape index (κ3) is 1.86. The Morgan fingerprint density at radius 1 is 1.41 bits per heavy atom. The molecule has 2 N–H and O–H groups in total. The first kappa shape index (κ1) is 11.8. The lowest BCUT2D eigenvalue weighted by Gasteiger charge is -2.30. The normalized spacial score (nSPS) is 24.9. The molecule has 0 saturated carbocycles. The monoisotopic (exact) mass is 252 g/mol. The Morgan fingerprint density at radius 2 is 2.12 bits per heavy atom. The van der Waals surface area contributed by atoms with Crippen molar-refractivity contribution in [2.24, 2.45) is 5.10 Å². The number of aromatic nitrogens is 2. The Labute approximate surface area is 92.7 Å². The van der Waals surface area contributed by atoms with Crippen molar-refractivity contribution in [2.45, 2.75) is 25.0 Å². The Hall–Kier alpha value is -1.64. The van der Waals surface area contributed by atoms with Gasteiger partial charge in [0.15, 0.2) is 0 Å². The first-order valence-electron chi connectivity index (χ1n) is 4.61. The van der Waals surface area contributed by atoms with Crippen molar-refractivity contribution in [2.75, 3.05) is 5.01 Å². The zero-order valence-corrected chi connectivity index (χ0v) is 8.32. The molecule has 0 radical (unpaired) electrons. The lowest BCUT2D eigenvalue weighted by molar-refractivity contribution is -0.0876. The molecule has 0 saturated heterocycles. The van der Waals surface area contributed by atoms with Crippen LogP contribution in [0.5, 0.6) is 0 Å². The van der Waals surface area contributed by atoms with Gasteiger partial charge in [0.05, 0.1) is 6.20 Å². The van der Waals surface area contributed by atoms with Crippen molar-refractivity contribution in [3.63, 3.8) is 0 Å². The number of hydrogen-bond donors (Lipinski definition) is 2. The fourth-order valence-electron chi connectivity index (χ4n) is 1.51. The number of anilines is 1. The SMILES string of the molecule is OC1(C(F)F)CC(C(F)F)=NN1c1ccn[nH]1. The maximum Gasteiger partial charge on any atom is 0.287 e. The minimum Gasteiger partial charge on any atom is -0.364 e. The summed E-state index contributed by atoms with van der Waals surface area (Å²) in [6.07, 6.45) is -5.92. The predicted molar refractivity (Wildman–Crippen MR) is 50.1 cm³/mol. The molecule has 0 aliphatic carbocycles. The topological polar surface area (TPSA) is 64.5 Å². The van der Waals surface area contributed by atoms with Crippen LogP contribution in [0.1, 0.15) is 6.42 Å². The molecule has 1 aromatic heterocycles. The number of halogens is 4. The molecule has 0 bridgehead atoms. The Bertz CT molecular complexity index is 421. The van der Waals surface area contributed by atoms with Crippen LogP contribution in [0.15, 0.2) is 17.4 Å². The van der Waals surface area contributed by atoms with E-state index in [1.807, 2.05) is 0 Å². The molecule has 0 amide bonds. The molecule has 0 fully saturated rings. The van der Waals surface area contributed by atoms with Gasteiger partial charge < -0.3 is 5.11 Å². The van der Waals surface area contributed by atoms with Crippen molar-refractivity contribution in [1.82, 2.24) is 10.2 Å². The fraction of sp³-hybridized carbons (Fsp3) is 0.500. The summed E-state index contributed by atoms with van der Waals surface area (Å²) in [7, 11) is 0. The van der Waals surface area contributed by atoms with Crippen molar-refractivity contribution in [3.05, 3.63) is 12.3 Å². The van der Waals surface area contributed by atoms with E-state index in [1.165, 1.54) is 12.3 Å². The first-order chi connectivity index (χ1) is 7.95. The van der Waals surface area contributed by atoms with Crippen LogP contribution in [0, 0.1) is 0 Å². The van der Waals surface area contributed by atoms with E-state index in [2.05, 4.69) is 15.3 Å².